The lowest BCUT2D eigenvalue weighted by Crippen LogP contribution is -2.38. The molecule has 1 aromatic carbocycles. The van der Waals surface area contributed by atoms with Gasteiger partial charge in [-0.25, -0.2) is 0 Å². The molecular weight excluding hydrogens is 232 g/mol. The predicted molar refractivity (Wildman–Crippen MR) is 69.3 cm³/mol. The molecule has 1 aromatic rings. The number of carbonyl (C=O) groups excluding carboxylic acids is 2. The number of hydrogen-bond donors (Lipinski definition) is 2. The van der Waals surface area contributed by atoms with Crippen LogP contribution in [0.4, 0.5) is 5.69 Å². The van der Waals surface area contributed by atoms with Crippen molar-refractivity contribution in [3.8, 4) is 0 Å². The lowest BCUT2D eigenvalue weighted by atomic mass is 10.1. The van der Waals surface area contributed by atoms with Gasteiger partial charge in [0.25, 0.3) is 0 Å². The van der Waals surface area contributed by atoms with Gasteiger partial charge in [-0.15, -0.1) is 0 Å². The Morgan fingerprint density at radius 3 is 2.28 bits per heavy atom. The van der Waals surface area contributed by atoms with E-state index in [0.717, 1.165) is 11.1 Å². The van der Waals surface area contributed by atoms with E-state index in [-0.39, 0.29) is 13.2 Å². The maximum absolute atomic E-state index is 11.7. The Balaban J connectivity index is 2.72. The summed E-state index contributed by atoms with van der Waals surface area (Å²) in [4.78, 5) is 24.5. The topological polar surface area (TPSA) is 69.6 Å². The summed E-state index contributed by atoms with van der Waals surface area (Å²) < 4.78 is 0. The molecule has 5 nitrogen and oxygen atoms in total. The van der Waals surface area contributed by atoms with Gasteiger partial charge >= 0.3 is 11.8 Å². The lowest BCUT2D eigenvalue weighted by Gasteiger charge is -2.15. The van der Waals surface area contributed by atoms with Crippen LogP contribution in [0.3, 0.4) is 0 Å². The molecule has 0 atom stereocenters. The van der Waals surface area contributed by atoms with E-state index < -0.39 is 11.8 Å². The van der Waals surface area contributed by atoms with E-state index in [1.54, 1.807) is 12.1 Å². The third-order valence-corrected chi connectivity index (χ3v) is 2.46. The standard InChI is InChI=1S/C13H18N2O3/c1-9-6-10(2)8-11(7-9)14-12(17)13(18)15(3)4-5-16/h6-8,16H,4-5H2,1-3H3,(H,14,17). The number of rotatable bonds is 3. The fourth-order valence-electron chi connectivity index (χ4n) is 1.66. The van der Waals surface area contributed by atoms with E-state index in [1.807, 2.05) is 19.9 Å². The highest BCUT2D eigenvalue weighted by Crippen LogP contribution is 2.13. The molecule has 0 aliphatic rings. The van der Waals surface area contributed by atoms with Crippen LogP contribution >= 0.6 is 0 Å². The third kappa shape index (κ3) is 3.85. The van der Waals surface area contributed by atoms with Crippen LogP contribution in [0.25, 0.3) is 0 Å². The minimum Gasteiger partial charge on any atom is -0.395 e. The van der Waals surface area contributed by atoms with Gasteiger partial charge in [-0.2, -0.15) is 0 Å². The van der Waals surface area contributed by atoms with Gasteiger partial charge in [-0.3, -0.25) is 9.59 Å². The molecule has 0 radical (unpaired) electrons. The first kappa shape index (κ1) is 14.2. The molecule has 0 aromatic heterocycles. The van der Waals surface area contributed by atoms with Crippen molar-refractivity contribution in [1.82, 2.24) is 4.90 Å². The van der Waals surface area contributed by atoms with Gasteiger partial charge in [0, 0.05) is 19.3 Å². The molecule has 0 aliphatic carbocycles. The summed E-state index contributed by atoms with van der Waals surface area (Å²) in [6, 6.07) is 5.57. The molecule has 0 spiro atoms. The van der Waals surface area contributed by atoms with Crippen molar-refractivity contribution in [1.29, 1.82) is 0 Å². The Labute approximate surface area is 106 Å². The summed E-state index contributed by atoms with van der Waals surface area (Å²) in [5.74, 6) is -1.36. The maximum atomic E-state index is 11.7. The fraction of sp³-hybridized carbons (Fsp3) is 0.385. The van der Waals surface area contributed by atoms with Crippen molar-refractivity contribution in [3.63, 3.8) is 0 Å². The number of nitrogens with zero attached hydrogens (tertiary/aromatic N) is 1. The zero-order valence-corrected chi connectivity index (χ0v) is 10.9. The second-order valence-corrected chi connectivity index (χ2v) is 4.28. The molecule has 2 N–H and O–H groups in total. The first-order chi connectivity index (χ1) is 8.43. The number of aliphatic hydroxyl groups is 1. The van der Waals surface area contributed by atoms with Crippen molar-refractivity contribution >= 4 is 17.5 Å². The number of aliphatic hydroxyl groups excluding tert-OH is 1. The van der Waals surface area contributed by atoms with E-state index in [2.05, 4.69) is 5.32 Å². The van der Waals surface area contributed by atoms with Gasteiger partial charge in [0.05, 0.1) is 6.61 Å². The molecule has 0 aliphatic heterocycles. The molecule has 0 unspecified atom stereocenters. The number of likely N-dealkylation sites (N-methyl/N-ethyl adjacent to an activating group) is 1. The fourth-order valence-corrected chi connectivity index (χ4v) is 1.66. The molecule has 18 heavy (non-hydrogen) atoms. The van der Waals surface area contributed by atoms with Crippen LogP contribution in [-0.2, 0) is 9.59 Å². The van der Waals surface area contributed by atoms with Crippen molar-refractivity contribution < 1.29 is 14.7 Å². The van der Waals surface area contributed by atoms with E-state index in [1.165, 1.54) is 11.9 Å². The average Bonchev–Trinajstić information content (AvgIpc) is 2.26. The van der Waals surface area contributed by atoms with Crippen LogP contribution in [-0.4, -0.2) is 42.0 Å². The van der Waals surface area contributed by atoms with Crippen molar-refractivity contribution in [3.05, 3.63) is 29.3 Å². The van der Waals surface area contributed by atoms with Crippen molar-refractivity contribution in [2.75, 3.05) is 25.5 Å². The van der Waals surface area contributed by atoms with Crippen molar-refractivity contribution in [2.24, 2.45) is 0 Å². The smallest absolute Gasteiger partial charge is 0.313 e. The second kappa shape index (κ2) is 6.16. The van der Waals surface area contributed by atoms with Crippen LogP contribution in [0.15, 0.2) is 18.2 Å². The summed E-state index contributed by atoms with van der Waals surface area (Å²) in [6.45, 7) is 3.81. The first-order valence-electron chi connectivity index (χ1n) is 5.69. The minimum atomic E-state index is -0.698. The summed E-state index contributed by atoms with van der Waals surface area (Å²) >= 11 is 0. The Bertz CT molecular complexity index is 437. The summed E-state index contributed by atoms with van der Waals surface area (Å²) in [5, 5.41) is 11.3. The van der Waals surface area contributed by atoms with Crippen LogP contribution in [0.2, 0.25) is 0 Å². The first-order valence-corrected chi connectivity index (χ1v) is 5.69. The van der Waals surface area contributed by atoms with Gasteiger partial charge in [0.15, 0.2) is 0 Å². The second-order valence-electron chi connectivity index (χ2n) is 4.28. The number of carbonyl (C=O) groups is 2. The van der Waals surface area contributed by atoms with Crippen LogP contribution < -0.4 is 5.32 Å². The van der Waals surface area contributed by atoms with Crippen LogP contribution in [0.1, 0.15) is 11.1 Å². The SMILES string of the molecule is Cc1cc(C)cc(NC(=O)C(=O)N(C)CCO)c1. The highest BCUT2D eigenvalue weighted by molar-refractivity contribution is 6.39. The number of hydrogen-bond acceptors (Lipinski definition) is 3. The molecule has 5 heteroatoms. The highest BCUT2D eigenvalue weighted by Gasteiger charge is 2.18. The molecule has 0 saturated carbocycles. The quantitative estimate of drug-likeness (QED) is 0.776. The number of anilines is 1. The average molecular weight is 250 g/mol. The molecule has 0 saturated heterocycles. The monoisotopic (exact) mass is 250 g/mol. The minimum absolute atomic E-state index is 0.138. The number of aryl methyl sites for hydroxylation is 2. The number of benzene rings is 1. The van der Waals surface area contributed by atoms with Gasteiger partial charge in [-0.1, -0.05) is 6.07 Å². The Morgan fingerprint density at radius 1 is 1.22 bits per heavy atom. The largest absolute Gasteiger partial charge is 0.395 e. The van der Waals surface area contributed by atoms with Gasteiger partial charge < -0.3 is 15.3 Å². The molecular formula is C13H18N2O3. The molecule has 1 rings (SSSR count). The molecule has 0 heterocycles. The highest BCUT2D eigenvalue weighted by atomic mass is 16.3. The Morgan fingerprint density at radius 2 is 1.78 bits per heavy atom. The molecule has 98 valence electrons. The number of nitrogens with one attached hydrogen (secondary N) is 1. The summed E-state index contributed by atoms with van der Waals surface area (Å²) in [7, 11) is 1.47. The van der Waals surface area contributed by atoms with Gasteiger partial charge in [0.2, 0.25) is 0 Å². The predicted octanol–water partition coefficient (Wildman–Crippen LogP) is 0.693. The van der Waals surface area contributed by atoms with E-state index in [4.69, 9.17) is 5.11 Å². The normalized spacial score (nSPS) is 10.0. The van der Waals surface area contributed by atoms with Gasteiger partial charge in [-0.05, 0) is 37.1 Å². The van der Waals surface area contributed by atoms with Gasteiger partial charge in [0.1, 0.15) is 0 Å². The maximum Gasteiger partial charge on any atom is 0.313 e. The van der Waals surface area contributed by atoms with Crippen LogP contribution in [0.5, 0.6) is 0 Å². The Hall–Kier alpha value is -1.88. The van der Waals surface area contributed by atoms with Crippen LogP contribution in [0, 0.1) is 13.8 Å². The van der Waals surface area contributed by atoms with E-state index >= 15 is 0 Å². The van der Waals surface area contributed by atoms with E-state index in [9.17, 15) is 9.59 Å². The lowest BCUT2D eigenvalue weighted by molar-refractivity contribution is -0.142. The molecule has 0 fully saturated rings. The molecule has 0 bridgehead atoms. The summed E-state index contributed by atoms with van der Waals surface area (Å²) in [6.07, 6.45) is 0. The zero-order valence-electron chi connectivity index (χ0n) is 10.9. The Kier molecular flexibility index (Phi) is 4.85. The summed E-state index contributed by atoms with van der Waals surface area (Å²) in [5.41, 5.74) is 2.63. The third-order valence-electron chi connectivity index (χ3n) is 2.46. The number of amides is 2. The van der Waals surface area contributed by atoms with E-state index in [0.29, 0.717) is 5.69 Å². The zero-order chi connectivity index (χ0) is 13.7. The molecule has 2 amide bonds. The van der Waals surface area contributed by atoms with Crippen molar-refractivity contribution in [2.45, 2.75) is 13.8 Å².